The highest BCUT2D eigenvalue weighted by molar-refractivity contribution is 6.29. The highest BCUT2D eigenvalue weighted by Gasteiger charge is 2.34. The lowest BCUT2D eigenvalue weighted by Gasteiger charge is -2.15. The Balaban J connectivity index is 2.02. The molecular formula is C11H12ClN3O3. The highest BCUT2D eigenvalue weighted by atomic mass is 35.5. The molecule has 1 aromatic rings. The second-order valence-corrected chi connectivity index (χ2v) is 4.63. The first-order valence-corrected chi connectivity index (χ1v) is 5.94. The van der Waals surface area contributed by atoms with Gasteiger partial charge in [0.25, 0.3) is 5.91 Å². The number of amides is 1. The molecule has 7 heteroatoms. The molecule has 0 bridgehead atoms. The van der Waals surface area contributed by atoms with Gasteiger partial charge in [-0.05, 0) is 18.8 Å². The molecule has 1 aliphatic rings. The zero-order chi connectivity index (χ0) is 13.1. The Morgan fingerprint density at radius 1 is 1.50 bits per heavy atom. The van der Waals surface area contributed by atoms with Crippen LogP contribution in [0.2, 0.25) is 5.15 Å². The van der Waals surface area contributed by atoms with E-state index in [1.807, 2.05) is 0 Å². The summed E-state index contributed by atoms with van der Waals surface area (Å²) in [5.41, 5.74) is 0.0959. The molecule has 0 aliphatic heterocycles. The van der Waals surface area contributed by atoms with Crippen molar-refractivity contribution in [3.8, 4) is 0 Å². The molecule has 1 saturated carbocycles. The number of hydrogen-bond acceptors (Lipinski definition) is 4. The Labute approximate surface area is 108 Å². The molecule has 0 saturated heterocycles. The number of aliphatic carboxylic acids is 1. The summed E-state index contributed by atoms with van der Waals surface area (Å²) in [6.45, 7) is 0. The number of nitrogens with zero attached hydrogens (tertiary/aromatic N) is 2. The molecule has 96 valence electrons. The minimum absolute atomic E-state index is 0.0790. The smallest absolute Gasteiger partial charge is 0.305 e. The molecule has 1 aliphatic carbocycles. The van der Waals surface area contributed by atoms with E-state index in [0.29, 0.717) is 0 Å². The first kappa shape index (κ1) is 12.8. The summed E-state index contributed by atoms with van der Waals surface area (Å²) < 4.78 is 0. The van der Waals surface area contributed by atoms with Crippen LogP contribution in [0.3, 0.4) is 0 Å². The van der Waals surface area contributed by atoms with Crippen LogP contribution in [0.25, 0.3) is 0 Å². The van der Waals surface area contributed by atoms with Gasteiger partial charge in [0.2, 0.25) is 0 Å². The third kappa shape index (κ3) is 3.40. The largest absolute Gasteiger partial charge is 0.481 e. The van der Waals surface area contributed by atoms with E-state index in [1.54, 1.807) is 0 Å². The standard InChI is InChI=1S/C11H12ClN3O3/c12-9-5-13-4-8(14-9)11(18)15-7(3-10(16)17)6-1-2-6/h4-7H,1-3H2,(H,15,18)(H,16,17). The molecule has 1 heterocycles. The minimum Gasteiger partial charge on any atom is -0.481 e. The van der Waals surface area contributed by atoms with Crippen molar-refractivity contribution in [1.29, 1.82) is 0 Å². The van der Waals surface area contributed by atoms with Crippen LogP contribution < -0.4 is 5.32 Å². The monoisotopic (exact) mass is 269 g/mol. The lowest BCUT2D eigenvalue weighted by atomic mass is 10.1. The molecule has 1 atom stereocenters. The number of aromatic nitrogens is 2. The quantitative estimate of drug-likeness (QED) is 0.835. The van der Waals surface area contributed by atoms with Gasteiger partial charge in [0, 0.05) is 6.04 Å². The second kappa shape index (κ2) is 5.30. The number of carboxylic acids is 1. The van der Waals surface area contributed by atoms with Crippen LogP contribution in [0.1, 0.15) is 29.8 Å². The van der Waals surface area contributed by atoms with Crippen molar-refractivity contribution in [3.05, 3.63) is 23.2 Å². The Bertz CT molecular complexity index is 476. The summed E-state index contributed by atoms with van der Waals surface area (Å²) in [4.78, 5) is 30.2. The van der Waals surface area contributed by atoms with Crippen LogP contribution in [0.4, 0.5) is 0 Å². The van der Waals surface area contributed by atoms with Crippen LogP contribution in [-0.4, -0.2) is 33.0 Å². The maximum Gasteiger partial charge on any atom is 0.305 e. The van der Waals surface area contributed by atoms with Gasteiger partial charge in [-0.1, -0.05) is 11.6 Å². The SMILES string of the molecule is O=C(O)CC(NC(=O)c1cncc(Cl)n1)C1CC1. The molecule has 6 nitrogen and oxygen atoms in total. The molecule has 0 radical (unpaired) electrons. The molecule has 2 N–H and O–H groups in total. The lowest BCUT2D eigenvalue weighted by molar-refractivity contribution is -0.137. The van der Waals surface area contributed by atoms with Gasteiger partial charge in [0.05, 0.1) is 18.8 Å². The van der Waals surface area contributed by atoms with E-state index < -0.39 is 11.9 Å². The molecule has 0 spiro atoms. The molecule has 2 rings (SSSR count). The van der Waals surface area contributed by atoms with Crippen molar-refractivity contribution in [3.63, 3.8) is 0 Å². The first-order valence-electron chi connectivity index (χ1n) is 5.56. The van der Waals surface area contributed by atoms with E-state index in [9.17, 15) is 9.59 Å². The van der Waals surface area contributed by atoms with E-state index >= 15 is 0 Å². The van der Waals surface area contributed by atoms with Crippen molar-refractivity contribution in [2.24, 2.45) is 5.92 Å². The van der Waals surface area contributed by atoms with E-state index in [-0.39, 0.29) is 29.2 Å². The first-order chi connectivity index (χ1) is 8.56. The summed E-state index contributed by atoms with van der Waals surface area (Å²) >= 11 is 5.64. The van der Waals surface area contributed by atoms with Crippen molar-refractivity contribution in [1.82, 2.24) is 15.3 Å². The molecule has 1 fully saturated rings. The number of nitrogens with one attached hydrogen (secondary N) is 1. The van der Waals surface area contributed by atoms with Gasteiger partial charge in [0.1, 0.15) is 10.8 Å². The molecule has 18 heavy (non-hydrogen) atoms. The van der Waals surface area contributed by atoms with Gasteiger partial charge in [-0.2, -0.15) is 0 Å². The third-order valence-corrected chi connectivity index (χ3v) is 2.92. The predicted octanol–water partition coefficient (Wildman–Crippen LogP) is 1.11. The number of carboxylic acid groups (broad SMARTS) is 1. The highest BCUT2D eigenvalue weighted by Crippen LogP contribution is 2.34. The Morgan fingerprint density at radius 2 is 2.22 bits per heavy atom. The Kier molecular flexibility index (Phi) is 3.76. The zero-order valence-corrected chi connectivity index (χ0v) is 10.2. The van der Waals surface area contributed by atoms with E-state index in [1.165, 1.54) is 12.4 Å². The van der Waals surface area contributed by atoms with Gasteiger partial charge < -0.3 is 10.4 Å². The third-order valence-electron chi connectivity index (χ3n) is 2.74. The van der Waals surface area contributed by atoms with Gasteiger partial charge in [0.15, 0.2) is 0 Å². The fourth-order valence-corrected chi connectivity index (χ4v) is 1.86. The van der Waals surface area contributed by atoms with E-state index in [2.05, 4.69) is 15.3 Å². The van der Waals surface area contributed by atoms with Gasteiger partial charge in [-0.15, -0.1) is 0 Å². The summed E-state index contributed by atoms with van der Waals surface area (Å²) in [7, 11) is 0. The maximum absolute atomic E-state index is 11.9. The van der Waals surface area contributed by atoms with Crippen LogP contribution >= 0.6 is 11.6 Å². The molecular weight excluding hydrogens is 258 g/mol. The molecule has 0 aromatic carbocycles. The lowest BCUT2D eigenvalue weighted by Crippen LogP contribution is -2.38. The summed E-state index contributed by atoms with van der Waals surface area (Å²) in [5, 5.41) is 11.6. The average molecular weight is 270 g/mol. The maximum atomic E-state index is 11.9. The summed E-state index contributed by atoms with van der Waals surface area (Å²) in [5.74, 6) is -1.12. The predicted molar refractivity (Wildman–Crippen MR) is 63.3 cm³/mol. The van der Waals surface area contributed by atoms with Crippen molar-refractivity contribution >= 4 is 23.5 Å². The minimum atomic E-state index is -0.927. The van der Waals surface area contributed by atoms with Crippen LogP contribution in [-0.2, 0) is 4.79 Å². The average Bonchev–Trinajstić information content (AvgIpc) is 3.11. The van der Waals surface area contributed by atoms with Gasteiger partial charge in [-0.25, -0.2) is 4.98 Å². The topological polar surface area (TPSA) is 92.2 Å². The Morgan fingerprint density at radius 3 is 2.78 bits per heavy atom. The van der Waals surface area contributed by atoms with Gasteiger partial charge >= 0.3 is 5.97 Å². The molecule has 1 aromatic heterocycles. The number of halogens is 1. The van der Waals surface area contributed by atoms with Crippen molar-refractivity contribution < 1.29 is 14.7 Å². The van der Waals surface area contributed by atoms with Crippen LogP contribution in [0.15, 0.2) is 12.4 Å². The van der Waals surface area contributed by atoms with Crippen molar-refractivity contribution in [2.45, 2.75) is 25.3 Å². The number of hydrogen-bond donors (Lipinski definition) is 2. The van der Waals surface area contributed by atoms with Crippen LogP contribution in [0, 0.1) is 5.92 Å². The van der Waals surface area contributed by atoms with E-state index in [0.717, 1.165) is 12.8 Å². The van der Waals surface area contributed by atoms with Gasteiger partial charge in [-0.3, -0.25) is 14.6 Å². The molecule has 1 unspecified atom stereocenters. The number of carbonyl (C=O) groups excluding carboxylic acids is 1. The fourth-order valence-electron chi connectivity index (χ4n) is 1.72. The number of carbonyl (C=O) groups is 2. The summed E-state index contributed by atoms with van der Waals surface area (Å²) in [6.07, 6.45) is 4.43. The normalized spacial score (nSPS) is 16.1. The zero-order valence-electron chi connectivity index (χ0n) is 9.47. The Hall–Kier alpha value is -1.69. The summed E-state index contributed by atoms with van der Waals surface area (Å²) in [6, 6.07) is -0.351. The molecule has 1 amide bonds. The number of rotatable bonds is 5. The van der Waals surface area contributed by atoms with Crippen LogP contribution in [0.5, 0.6) is 0 Å². The van der Waals surface area contributed by atoms with E-state index in [4.69, 9.17) is 16.7 Å². The second-order valence-electron chi connectivity index (χ2n) is 4.24. The van der Waals surface area contributed by atoms with Crippen molar-refractivity contribution in [2.75, 3.05) is 0 Å². The fraction of sp³-hybridized carbons (Fsp3) is 0.455.